The number of ketones is 1. The van der Waals surface area contributed by atoms with E-state index in [0.29, 0.717) is 17.5 Å². The van der Waals surface area contributed by atoms with Gasteiger partial charge >= 0.3 is 0 Å². The van der Waals surface area contributed by atoms with Crippen LogP contribution in [-0.2, 0) is 18.4 Å². The van der Waals surface area contributed by atoms with Crippen molar-refractivity contribution in [3.05, 3.63) is 68.1 Å². The minimum atomic E-state index is -0.0997. The quantitative estimate of drug-likeness (QED) is 0.251. The fourth-order valence-electron chi connectivity index (χ4n) is 5.39. The first-order chi connectivity index (χ1) is 15.6. The summed E-state index contributed by atoms with van der Waals surface area (Å²) >= 11 is 2.86. The number of nitrogens with zero attached hydrogens (tertiary/aromatic N) is 2. The largest absolute Gasteiger partial charge is 0.292 e. The SMILES string of the molecule is CCCn1c(SCC(=O)c2cccs2)nc2c(c1=O)C1(CCCCC1)Cc1ccccc1-2. The lowest BCUT2D eigenvalue weighted by Gasteiger charge is -2.42. The van der Waals surface area contributed by atoms with Crippen LogP contribution in [0, 0.1) is 0 Å². The second kappa shape index (κ2) is 8.99. The van der Waals surface area contributed by atoms with Crippen LogP contribution in [0.25, 0.3) is 11.3 Å². The minimum absolute atomic E-state index is 0.0872. The summed E-state index contributed by atoms with van der Waals surface area (Å²) < 4.78 is 1.84. The van der Waals surface area contributed by atoms with Crippen LogP contribution in [0.15, 0.2) is 51.7 Å². The molecule has 1 fully saturated rings. The normalized spacial score (nSPS) is 16.5. The first-order valence-corrected chi connectivity index (χ1v) is 13.4. The van der Waals surface area contributed by atoms with E-state index in [2.05, 4.69) is 25.1 Å². The molecule has 5 rings (SSSR count). The zero-order valence-corrected chi connectivity index (χ0v) is 20.1. The highest BCUT2D eigenvalue weighted by molar-refractivity contribution is 7.99. The fourth-order valence-corrected chi connectivity index (χ4v) is 7.05. The third kappa shape index (κ3) is 3.77. The van der Waals surface area contributed by atoms with Crippen molar-refractivity contribution in [1.29, 1.82) is 0 Å². The molecule has 1 saturated carbocycles. The summed E-state index contributed by atoms with van der Waals surface area (Å²) in [5.74, 6) is 0.381. The van der Waals surface area contributed by atoms with E-state index in [9.17, 15) is 9.59 Å². The highest BCUT2D eigenvalue weighted by Gasteiger charge is 2.43. The third-order valence-electron chi connectivity index (χ3n) is 6.85. The number of thioether (sulfide) groups is 1. The average Bonchev–Trinajstić information content (AvgIpc) is 3.35. The van der Waals surface area contributed by atoms with E-state index in [1.165, 1.54) is 47.9 Å². The van der Waals surface area contributed by atoms with Crippen LogP contribution in [0.4, 0.5) is 0 Å². The second-order valence-electron chi connectivity index (χ2n) is 8.94. The molecule has 2 heterocycles. The van der Waals surface area contributed by atoms with E-state index in [1.807, 2.05) is 28.1 Å². The average molecular weight is 465 g/mol. The molecule has 0 unspecified atom stereocenters. The standard InChI is InChI=1S/C26H28N2O2S2/c1-2-14-28-24(30)22-23(27-25(28)32-17-20(29)21-11-8-15-31-21)19-10-5-4-9-18(19)16-26(22)12-6-3-7-13-26/h4-5,8-11,15H,2-3,6-7,12-14,16-17H2,1H3. The zero-order valence-electron chi connectivity index (χ0n) is 18.4. The summed E-state index contributed by atoms with van der Waals surface area (Å²) in [6, 6.07) is 12.2. The molecule has 4 nitrogen and oxygen atoms in total. The van der Waals surface area contributed by atoms with Gasteiger partial charge in [0.2, 0.25) is 0 Å². The fraction of sp³-hybridized carbons (Fsp3) is 0.423. The van der Waals surface area contributed by atoms with Crippen LogP contribution in [0.2, 0.25) is 0 Å². The molecule has 0 aliphatic heterocycles. The Morgan fingerprint density at radius 3 is 2.72 bits per heavy atom. The maximum Gasteiger partial charge on any atom is 0.258 e. The van der Waals surface area contributed by atoms with Crippen LogP contribution < -0.4 is 5.56 Å². The molecule has 0 atom stereocenters. The van der Waals surface area contributed by atoms with Gasteiger partial charge in [-0.15, -0.1) is 11.3 Å². The predicted octanol–water partition coefficient (Wildman–Crippen LogP) is 6.11. The van der Waals surface area contributed by atoms with Crippen molar-refractivity contribution >= 4 is 28.9 Å². The molecule has 1 spiro atoms. The number of hydrogen-bond donors (Lipinski definition) is 0. The lowest BCUT2D eigenvalue weighted by atomic mass is 9.62. The van der Waals surface area contributed by atoms with E-state index in [4.69, 9.17) is 4.98 Å². The zero-order chi connectivity index (χ0) is 22.1. The molecule has 3 aromatic rings. The Kier molecular flexibility index (Phi) is 6.08. The van der Waals surface area contributed by atoms with Gasteiger partial charge in [-0.1, -0.05) is 68.3 Å². The summed E-state index contributed by atoms with van der Waals surface area (Å²) in [6.45, 7) is 2.72. The van der Waals surface area contributed by atoms with Crippen molar-refractivity contribution in [2.45, 2.75) is 69.0 Å². The van der Waals surface area contributed by atoms with Gasteiger partial charge in [0, 0.05) is 17.5 Å². The van der Waals surface area contributed by atoms with Crippen molar-refractivity contribution in [1.82, 2.24) is 9.55 Å². The van der Waals surface area contributed by atoms with E-state index in [-0.39, 0.29) is 16.8 Å². The molecular weight excluding hydrogens is 436 g/mol. The van der Waals surface area contributed by atoms with Crippen LogP contribution in [0.3, 0.4) is 0 Å². The molecule has 0 N–H and O–H groups in total. The number of carbonyl (C=O) groups is 1. The summed E-state index contributed by atoms with van der Waals surface area (Å²) in [6.07, 6.45) is 7.48. The maximum atomic E-state index is 14.0. The Morgan fingerprint density at radius 2 is 1.97 bits per heavy atom. The second-order valence-corrected chi connectivity index (χ2v) is 10.8. The lowest BCUT2D eigenvalue weighted by molar-refractivity contribution is 0.102. The molecule has 2 aliphatic rings. The van der Waals surface area contributed by atoms with Crippen LogP contribution in [0.5, 0.6) is 0 Å². The van der Waals surface area contributed by atoms with Crippen molar-refractivity contribution in [3.63, 3.8) is 0 Å². The summed E-state index contributed by atoms with van der Waals surface area (Å²) in [5.41, 5.74) is 4.19. The van der Waals surface area contributed by atoms with Gasteiger partial charge in [0.25, 0.3) is 5.56 Å². The molecule has 166 valence electrons. The smallest absolute Gasteiger partial charge is 0.258 e. The molecule has 32 heavy (non-hydrogen) atoms. The highest BCUT2D eigenvalue weighted by atomic mass is 32.2. The Labute approximate surface area is 197 Å². The first-order valence-electron chi connectivity index (χ1n) is 11.6. The highest BCUT2D eigenvalue weighted by Crippen LogP contribution is 2.48. The molecule has 0 saturated heterocycles. The summed E-state index contributed by atoms with van der Waals surface area (Å²) in [7, 11) is 0. The number of carbonyl (C=O) groups excluding carboxylic acids is 1. The number of aromatic nitrogens is 2. The van der Waals surface area contributed by atoms with E-state index in [1.54, 1.807) is 0 Å². The van der Waals surface area contributed by atoms with E-state index in [0.717, 1.165) is 47.4 Å². The van der Waals surface area contributed by atoms with Gasteiger partial charge in [-0.3, -0.25) is 14.2 Å². The molecule has 2 aliphatic carbocycles. The Balaban J connectivity index is 1.63. The Hall–Kier alpha value is -2.18. The molecule has 1 aromatic carbocycles. The van der Waals surface area contributed by atoms with Gasteiger partial charge in [-0.25, -0.2) is 4.98 Å². The van der Waals surface area contributed by atoms with Crippen molar-refractivity contribution in [2.24, 2.45) is 0 Å². The number of Topliss-reactive ketones (excluding diaryl/α,β-unsaturated/α-hetero) is 1. The third-order valence-corrected chi connectivity index (χ3v) is 8.74. The molecule has 2 aromatic heterocycles. The van der Waals surface area contributed by atoms with Gasteiger partial charge in [0.05, 0.1) is 21.9 Å². The molecule has 0 amide bonds. The van der Waals surface area contributed by atoms with Crippen LogP contribution in [-0.4, -0.2) is 21.1 Å². The predicted molar refractivity (Wildman–Crippen MR) is 132 cm³/mol. The molecule has 0 bridgehead atoms. The number of hydrogen-bond acceptors (Lipinski definition) is 5. The van der Waals surface area contributed by atoms with E-state index >= 15 is 0 Å². The lowest BCUT2D eigenvalue weighted by Crippen LogP contribution is -2.43. The number of fused-ring (bicyclic) bond motifs is 4. The summed E-state index contributed by atoms with van der Waals surface area (Å²) in [5, 5.41) is 2.59. The van der Waals surface area contributed by atoms with Crippen molar-refractivity contribution in [2.75, 3.05) is 5.75 Å². The first kappa shape index (κ1) is 21.7. The van der Waals surface area contributed by atoms with Crippen molar-refractivity contribution < 1.29 is 4.79 Å². The van der Waals surface area contributed by atoms with E-state index < -0.39 is 0 Å². The number of thiophene rings is 1. The number of rotatable bonds is 6. The van der Waals surface area contributed by atoms with Gasteiger partial charge < -0.3 is 0 Å². The van der Waals surface area contributed by atoms with Gasteiger partial charge in [-0.2, -0.15) is 0 Å². The Morgan fingerprint density at radius 1 is 1.16 bits per heavy atom. The molecular formula is C26H28N2O2S2. The monoisotopic (exact) mass is 464 g/mol. The van der Waals surface area contributed by atoms with Gasteiger partial charge in [0.15, 0.2) is 10.9 Å². The van der Waals surface area contributed by atoms with Gasteiger partial charge in [0.1, 0.15) is 0 Å². The van der Waals surface area contributed by atoms with Crippen LogP contribution >= 0.6 is 23.1 Å². The summed E-state index contributed by atoms with van der Waals surface area (Å²) in [4.78, 5) is 32.5. The van der Waals surface area contributed by atoms with Crippen LogP contribution in [0.1, 0.15) is 66.2 Å². The molecule has 0 radical (unpaired) electrons. The van der Waals surface area contributed by atoms with Crippen molar-refractivity contribution in [3.8, 4) is 11.3 Å². The topological polar surface area (TPSA) is 52.0 Å². The molecule has 6 heteroatoms. The number of benzene rings is 1. The minimum Gasteiger partial charge on any atom is -0.292 e. The Bertz CT molecular complexity index is 1190. The maximum absolute atomic E-state index is 14.0. The van der Waals surface area contributed by atoms with Gasteiger partial charge in [-0.05, 0) is 42.7 Å².